The van der Waals surface area contributed by atoms with Crippen LogP contribution in [0.5, 0.6) is 5.75 Å². The van der Waals surface area contributed by atoms with Gasteiger partial charge in [0.2, 0.25) is 11.8 Å². The first-order valence-electron chi connectivity index (χ1n) is 10.4. The molecule has 0 aliphatic carbocycles. The predicted octanol–water partition coefficient (Wildman–Crippen LogP) is 3.56. The number of para-hydroxylation sites is 4. The van der Waals surface area contributed by atoms with E-state index in [1.807, 2.05) is 59.2 Å². The number of carbonyl (C=O) groups excluding carboxylic acids is 2. The number of hydrogen-bond donors (Lipinski definition) is 1. The Kier molecular flexibility index (Phi) is 5.25. The van der Waals surface area contributed by atoms with Gasteiger partial charge in [-0.2, -0.15) is 0 Å². The van der Waals surface area contributed by atoms with Crippen molar-refractivity contribution in [3.8, 4) is 11.6 Å². The van der Waals surface area contributed by atoms with Crippen LogP contribution in [0.4, 0.5) is 11.4 Å². The van der Waals surface area contributed by atoms with Gasteiger partial charge in [-0.3, -0.25) is 14.2 Å². The van der Waals surface area contributed by atoms with Crippen LogP contribution in [-0.4, -0.2) is 39.5 Å². The van der Waals surface area contributed by atoms with Crippen LogP contribution in [0.25, 0.3) is 16.9 Å². The van der Waals surface area contributed by atoms with Gasteiger partial charge in [0.15, 0.2) is 0 Å². The van der Waals surface area contributed by atoms with Crippen molar-refractivity contribution in [3.05, 3.63) is 73.2 Å². The second-order valence-corrected chi connectivity index (χ2v) is 7.42. The highest BCUT2D eigenvalue weighted by Crippen LogP contribution is 2.31. The number of anilines is 2. The summed E-state index contributed by atoms with van der Waals surface area (Å²) in [6.07, 6.45) is 3.53. The van der Waals surface area contributed by atoms with Crippen molar-refractivity contribution in [2.75, 3.05) is 23.4 Å². The standard InChI is InChI=1S/C24H21N5O3/c30-23(11-12-24(31)28-13-14-32-21-8-4-3-7-20(21)28)27-17-9-10-22(25-15-17)29-16-26-18-5-1-2-6-19(18)29/h1-10,15-16H,11-14H2,(H,27,30). The average molecular weight is 427 g/mol. The van der Waals surface area contributed by atoms with Crippen LogP contribution in [0.3, 0.4) is 0 Å². The molecule has 0 unspecified atom stereocenters. The topological polar surface area (TPSA) is 89.4 Å². The number of nitrogens with zero attached hydrogens (tertiary/aromatic N) is 4. The lowest BCUT2D eigenvalue weighted by Crippen LogP contribution is -2.38. The number of aromatic nitrogens is 3. The first-order valence-corrected chi connectivity index (χ1v) is 10.4. The maximum Gasteiger partial charge on any atom is 0.227 e. The summed E-state index contributed by atoms with van der Waals surface area (Å²) < 4.78 is 7.47. The van der Waals surface area contributed by atoms with Crippen LogP contribution < -0.4 is 15.0 Å². The molecule has 160 valence electrons. The summed E-state index contributed by atoms with van der Waals surface area (Å²) >= 11 is 0. The molecule has 5 rings (SSSR count). The van der Waals surface area contributed by atoms with E-state index in [0.29, 0.717) is 30.4 Å². The number of carbonyl (C=O) groups is 2. The third kappa shape index (κ3) is 3.90. The Balaban J connectivity index is 1.19. The third-order valence-electron chi connectivity index (χ3n) is 5.33. The minimum Gasteiger partial charge on any atom is -0.490 e. The normalized spacial score (nSPS) is 12.8. The molecule has 0 spiro atoms. The Bertz CT molecular complexity index is 1280. The van der Waals surface area contributed by atoms with E-state index in [1.165, 1.54) is 0 Å². The zero-order valence-corrected chi connectivity index (χ0v) is 17.3. The Morgan fingerprint density at radius 3 is 2.69 bits per heavy atom. The molecule has 1 aliphatic rings. The smallest absolute Gasteiger partial charge is 0.227 e. The van der Waals surface area contributed by atoms with Crippen LogP contribution in [0.2, 0.25) is 0 Å². The van der Waals surface area contributed by atoms with E-state index < -0.39 is 0 Å². The molecule has 32 heavy (non-hydrogen) atoms. The minimum atomic E-state index is -0.234. The van der Waals surface area contributed by atoms with Crippen molar-refractivity contribution >= 4 is 34.2 Å². The molecule has 2 amide bonds. The highest BCUT2D eigenvalue weighted by atomic mass is 16.5. The summed E-state index contributed by atoms with van der Waals surface area (Å²) in [4.78, 5) is 35.5. The molecule has 8 nitrogen and oxygen atoms in total. The molecule has 1 aliphatic heterocycles. The van der Waals surface area contributed by atoms with Crippen LogP contribution in [0.15, 0.2) is 73.2 Å². The van der Waals surface area contributed by atoms with Gasteiger partial charge in [0.1, 0.15) is 24.5 Å². The van der Waals surface area contributed by atoms with Crippen LogP contribution >= 0.6 is 0 Å². The van der Waals surface area contributed by atoms with E-state index >= 15 is 0 Å². The minimum absolute atomic E-state index is 0.0896. The Morgan fingerprint density at radius 2 is 1.81 bits per heavy atom. The van der Waals surface area contributed by atoms with Gasteiger partial charge in [-0.1, -0.05) is 24.3 Å². The van der Waals surface area contributed by atoms with Gasteiger partial charge >= 0.3 is 0 Å². The number of benzene rings is 2. The fraction of sp³-hybridized carbons (Fsp3) is 0.167. The Labute approximate surface area is 184 Å². The number of imidazole rings is 1. The number of rotatable bonds is 5. The molecule has 1 N–H and O–H groups in total. The number of pyridine rings is 1. The van der Waals surface area contributed by atoms with Gasteiger partial charge < -0.3 is 15.0 Å². The first kappa shape index (κ1) is 19.7. The molecule has 3 heterocycles. The van der Waals surface area contributed by atoms with Crippen molar-refractivity contribution in [1.29, 1.82) is 0 Å². The lowest BCUT2D eigenvalue weighted by atomic mass is 10.2. The monoisotopic (exact) mass is 427 g/mol. The van der Waals surface area contributed by atoms with E-state index in [0.717, 1.165) is 16.7 Å². The summed E-state index contributed by atoms with van der Waals surface area (Å²) in [5, 5.41) is 2.81. The quantitative estimate of drug-likeness (QED) is 0.526. The summed E-state index contributed by atoms with van der Waals surface area (Å²) in [6.45, 7) is 0.922. The maximum atomic E-state index is 12.7. The van der Waals surface area contributed by atoms with Gasteiger partial charge in [-0.25, -0.2) is 9.97 Å². The lowest BCUT2D eigenvalue weighted by molar-refractivity contribution is -0.122. The van der Waals surface area contributed by atoms with Crippen molar-refractivity contribution in [1.82, 2.24) is 14.5 Å². The number of nitrogens with one attached hydrogen (secondary N) is 1. The molecule has 0 fully saturated rings. The molecule has 4 aromatic rings. The number of fused-ring (bicyclic) bond motifs is 2. The number of hydrogen-bond acceptors (Lipinski definition) is 5. The largest absolute Gasteiger partial charge is 0.490 e. The first-order chi connectivity index (χ1) is 15.7. The predicted molar refractivity (Wildman–Crippen MR) is 121 cm³/mol. The molecule has 0 radical (unpaired) electrons. The average Bonchev–Trinajstić information content (AvgIpc) is 3.27. The molecular weight excluding hydrogens is 406 g/mol. The summed E-state index contributed by atoms with van der Waals surface area (Å²) in [5.41, 5.74) is 3.17. The molecule has 2 aromatic carbocycles. The second kappa shape index (κ2) is 8.50. The molecule has 8 heteroatoms. The van der Waals surface area contributed by atoms with Crippen molar-refractivity contribution in [2.45, 2.75) is 12.8 Å². The summed E-state index contributed by atoms with van der Waals surface area (Å²) in [7, 11) is 0. The highest BCUT2D eigenvalue weighted by Gasteiger charge is 2.23. The highest BCUT2D eigenvalue weighted by molar-refractivity contribution is 5.99. The SMILES string of the molecule is O=C(CCC(=O)N1CCOc2ccccc21)Nc1ccc(-n2cnc3ccccc32)nc1. The lowest BCUT2D eigenvalue weighted by Gasteiger charge is -2.29. The van der Waals surface area contributed by atoms with E-state index in [1.54, 1.807) is 23.5 Å². The Morgan fingerprint density at radius 1 is 0.969 bits per heavy atom. The Hall–Kier alpha value is -4.20. The van der Waals surface area contributed by atoms with Gasteiger partial charge in [0, 0.05) is 12.8 Å². The summed E-state index contributed by atoms with van der Waals surface area (Å²) in [6, 6.07) is 18.8. The zero-order valence-electron chi connectivity index (χ0n) is 17.3. The van der Waals surface area contributed by atoms with E-state index in [9.17, 15) is 9.59 Å². The molecule has 2 aromatic heterocycles. The van der Waals surface area contributed by atoms with E-state index in [-0.39, 0.29) is 24.7 Å². The molecule has 0 atom stereocenters. The number of amides is 2. The fourth-order valence-electron chi connectivity index (χ4n) is 3.75. The molecule has 0 saturated heterocycles. The molecular formula is C24H21N5O3. The molecule has 0 bridgehead atoms. The van der Waals surface area contributed by atoms with Crippen LogP contribution in [-0.2, 0) is 9.59 Å². The van der Waals surface area contributed by atoms with Crippen molar-refractivity contribution < 1.29 is 14.3 Å². The second-order valence-electron chi connectivity index (χ2n) is 7.42. The van der Waals surface area contributed by atoms with Crippen LogP contribution in [0, 0.1) is 0 Å². The third-order valence-corrected chi connectivity index (χ3v) is 5.33. The van der Waals surface area contributed by atoms with Gasteiger partial charge in [-0.05, 0) is 36.4 Å². The van der Waals surface area contributed by atoms with Gasteiger partial charge in [0.05, 0.1) is 35.1 Å². The van der Waals surface area contributed by atoms with Gasteiger partial charge in [0.25, 0.3) is 0 Å². The summed E-state index contributed by atoms with van der Waals surface area (Å²) in [5.74, 6) is 1.06. The van der Waals surface area contributed by atoms with E-state index in [2.05, 4.69) is 15.3 Å². The van der Waals surface area contributed by atoms with Gasteiger partial charge in [-0.15, -0.1) is 0 Å². The maximum absolute atomic E-state index is 12.7. The van der Waals surface area contributed by atoms with E-state index in [4.69, 9.17) is 4.74 Å². The van der Waals surface area contributed by atoms with Crippen molar-refractivity contribution in [3.63, 3.8) is 0 Å². The zero-order chi connectivity index (χ0) is 21.9. The molecule has 0 saturated carbocycles. The fourth-order valence-corrected chi connectivity index (χ4v) is 3.75. The number of ether oxygens (including phenoxy) is 1. The van der Waals surface area contributed by atoms with Crippen molar-refractivity contribution in [2.24, 2.45) is 0 Å². The van der Waals surface area contributed by atoms with Crippen LogP contribution in [0.1, 0.15) is 12.8 Å².